The fraction of sp³-hybridized carbons (Fsp3) is 0.833. The standard InChI is InChI=1S/C12H22O4/c1-3-5-11(14)10-7-6-9(8-13)16-12(10)15-4-2/h6-7,9-14H,3-5,8H2,1-2H3/t9-,10+,11+,12-/m1/s1. The van der Waals surface area contributed by atoms with Crippen LogP contribution in [0.2, 0.25) is 0 Å². The van der Waals surface area contributed by atoms with Crippen LogP contribution in [-0.2, 0) is 9.47 Å². The molecule has 1 aliphatic rings. The van der Waals surface area contributed by atoms with Gasteiger partial charge in [0.2, 0.25) is 0 Å². The highest BCUT2D eigenvalue weighted by atomic mass is 16.7. The quantitative estimate of drug-likeness (QED) is 0.670. The van der Waals surface area contributed by atoms with Gasteiger partial charge in [0.05, 0.1) is 18.6 Å². The Morgan fingerprint density at radius 1 is 1.38 bits per heavy atom. The van der Waals surface area contributed by atoms with Crippen molar-refractivity contribution in [3.8, 4) is 0 Å². The van der Waals surface area contributed by atoms with Crippen LogP contribution < -0.4 is 0 Å². The topological polar surface area (TPSA) is 58.9 Å². The Kier molecular flexibility index (Phi) is 5.98. The summed E-state index contributed by atoms with van der Waals surface area (Å²) in [4.78, 5) is 0. The third kappa shape index (κ3) is 3.56. The Bertz CT molecular complexity index is 217. The van der Waals surface area contributed by atoms with Crippen LogP contribution in [0.1, 0.15) is 26.7 Å². The second kappa shape index (κ2) is 7.01. The summed E-state index contributed by atoms with van der Waals surface area (Å²) in [6, 6.07) is 0. The second-order valence-corrected chi connectivity index (χ2v) is 4.00. The van der Waals surface area contributed by atoms with Gasteiger partial charge >= 0.3 is 0 Å². The van der Waals surface area contributed by atoms with Gasteiger partial charge in [0.15, 0.2) is 6.29 Å². The van der Waals surface area contributed by atoms with Crippen molar-refractivity contribution >= 4 is 0 Å². The Labute approximate surface area is 96.9 Å². The molecule has 1 heterocycles. The minimum atomic E-state index is -0.450. The van der Waals surface area contributed by atoms with E-state index in [0.29, 0.717) is 6.61 Å². The first kappa shape index (κ1) is 13.6. The molecule has 0 saturated heterocycles. The van der Waals surface area contributed by atoms with Crippen LogP contribution >= 0.6 is 0 Å². The average Bonchev–Trinajstić information content (AvgIpc) is 2.29. The van der Waals surface area contributed by atoms with E-state index in [9.17, 15) is 5.11 Å². The highest BCUT2D eigenvalue weighted by Gasteiger charge is 2.31. The van der Waals surface area contributed by atoms with Crippen LogP contribution in [0.5, 0.6) is 0 Å². The van der Waals surface area contributed by atoms with Gasteiger partial charge in [0.1, 0.15) is 6.10 Å². The predicted molar refractivity (Wildman–Crippen MR) is 60.9 cm³/mol. The van der Waals surface area contributed by atoms with Crippen molar-refractivity contribution in [3.05, 3.63) is 12.2 Å². The van der Waals surface area contributed by atoms with Crippen LogP contribution in [0.3, 0.4) is 0 Å². The van der Waals surface area contributed by atoms with E-state index in [1.54, 1.807) is 6.08 Å². The number of hydrogen-bond acceptors (Lipinski definition) is 4. The van der Waals surface area contributed by atoms with Crippen molar-refractivity contribution in [2.45, 2.75) is 45.2 Å². The van der Waals surface area contributed by atoms with E-state index in [0.717, 1.165) is 12.8 Å². The lowest BCUT2D eigenvalue weighted by Gasteiger charge is -2.33. The molecule has 0 aliphatic carbocycles. The molecule has 2 N–H and O–H groups in total. The van der Waals surface area contributed by atoms with E-state index in [2.05, 4.69) is 0 Å². The molecule has 0 fully saturated rings. The summed E-state index contributed by atoms with van der Waals surface area (Å²) in [6.07, 6.45) is 4.12. The van der Waals surface area contributed by atoms with E-state index in [1.165, 1.54) is 0 Å². The molecule has 4 atom stereocenters. The van der Waals surface area contributed by atoms with E-state index in [1.807, 2.05) is 19.9 Å². The average molecular weight is 230 g/mol. The summed E-state index contributed by atoms with van der Waals surface area (Å²) >= 11 is 0. The van der Waals surface area contributed by atoms with E-state index in [-0.39, 0.29) is 18.6 Å². The summed E-state index contributed by atoms with van der Waals surface area (Å²) in [7, 11) is 0. The zero-order valence-corrected chi connectivity index (χ0v) is 10.0. The van der Waals surface area contributed by atoms with Crippen molar-refractivity contribution < 1.29 is 19.7 Å². The molecule has 1 rings (SSSR count). The highest BCUT2D eigenvalue weighted by molar-refractivity contribution is 5.02. The van der Waals surface area contributed by atoms with Gasteiger partial charge in [-0.05, 0) is 13.3 Å². The van der Waals surface area contributed by atoms with Crippen LogP contribution in [0, 0.1) is 5.92 Å². The summed E-state index contributed by atoms with van der Waals surface area (Å²) in [6.45, 7) is 4.39. The maximum atomic E-state index is 9.96. The maximum absolute atomic E-state index is 9.96. The smallest absolute Gasteiger partial charge is 0.167 e. The Morgan fingerprint density at radius 3 is 2.69 bits per heavy atom. The lowest BCUT2D eigenvalue weighted by atomic mass is 9.95. The van der Waals surface area contributed by atoms with Crippen molar-refractivity contribution in [3.63, 3.8) is 0 Å². The Hall–Kier alpha value is -0.420. The first-order chi connectivity index (χ1) is 7.72. The zero-order valence-electron chi connectivity index (χ0n) is 10.0. The molecule has 0 amide bonds. The van der Waals surface area contributed by atoms with Gasteiger partial charge in [-0.25, -0.2) is 0 Å². The van der Waals surface area contributed by atoms with Crippen LogP contribution in [0.25, 0.3) is 0 Å². The fourth-order valence-corrected chi connectivity index (χ4v) is 1.87. The van der Waals surface area contributed by atoms with Gasteiger partial charge in [-0.2, -0.15) is 0 Å². The molecule has 0 aromatic heterocycles. The normalized spacial score (nSPS) is 31.6. The number of aliphatic hydroxyl groups is 2. The molecular formula is C12H22O4. The molecule has 0 aromatic carbocycles. The van der Waals surface area contributed by atoms with Gasteiger partial charge < -0.3 is 19.7 Å². The number of ether oxygens (including phenoxy) is 2. The molecule has 4 heteroatoms. The molecule has 4 nitrogen and oxygen atoms in total. The lowest BCUT2D eigenvalue weighted by molar-refractivity contribution is -0.205. The summed E-state index contributed by atoms with van der Waals surface area (Å²) in [5.41, 5.74) is 0. The third-order valence-electron chi connectivity index (χ3n) is 2.71. The number of aliphatic hydroxyl groups excluding tert-OH is 2. The predicted octanol–water partition coefficient (Wildman–Crippen LogP) is 1.07. The van der Waals surface area contributed by atoms with Gasteiger partial charge in [-0.1, -0.05) is 25.5 Å². The van der Waals surface area contributed by atoms with Crippen molar-refractivity contribution in [1.82, 2.24) is 0 Å². The van der Waals surface area contributed by atoms with Gasteiger partial charge in [-0.15, -0.1) is 0 Å². The molecule has 0 radical (unpaired) electrons. The van der Waals surface area contributed by atoms with Crippen molar-refractivity contribution in [2.75, 3.05) is 13.2 Å². The molecule has 0 unspecified atom stereocenters. The Balaban J connectivity index is 2.64. The van der Waals surface area contributed by atoms with Crippen molar-refractivity contribution in [1.29, 1.82) is 0 Å². The fourth-order valence-electron chi connectivity index (χ4n) is 1.87. The van der Waals surface area contributed by atoms with Gasteiger partial charge in [0.25, 0.3) is 0 Å². The summed E-state index contributed by atoms with van der Waals surface area (Å²) in [5, 5.41) is 19.0. The Morgan fingerprint density at radius 2 is 2.12 bits per heavy atom. The molecular weight excluding hydrogens is 208 g/mol. The van der Waals surface area contributed by atoms with Gasteiger partial charge in [-0.3, -0.25) is 0 Å². The zero-order chi connectivity index (χ0) is 12.0. The highest BCUT2D eigenvalue weighted by Crippen LogP contribution is 2.25. The summed E-state index contributed by atoms with van der Waals surface area (Å²) in [5.74, 6) is -0.136. The molecule has 1 aliphatic heterocycles. The van der Waals surface area contributed by atoms with Crippen molar-refractivity contribution in [2.24, 2.45) is 5.92 Å². The van der Waals surface area contributed by atoms with E-state index >= 15 is 0 Å². The first-order valence-corrected chi connectivity index (χ1v) is 5.97. The minimum Gasteiger partial charge on any atom is -0.393 e. The monoisotopic (exact) mass is 230 g/mol. The molecule has 94 valence electrons. The molecule has 0 spiro atoms. The van der Waals surface area contributed by atoms with Crippen LogP contribution in [-0.4, -0.2) is 41.9 Å². The van der Waals surface area contributed by atoms with Crippen LogP contribution in [0.15, 0.2) is 12.2 Å². The SMILES string of the molecule is CCC[C@H](O)[C@@H]1C=C[C@H](CO)O[C@H]1OCC. The van der Waals surface area contributed by atoms with E-state index in [4.69, 9.17) is 14.6 Å². The van der Waals surface area contributed by atoms with Crippen LogP contribution in [0.4, 0.5) is 0 Å². The second-order valence-electron chi connectivity index (χ2n) is 4.00. The largest absolute Gasteiger partial charge is 0.393 e. The molecule has 0 aromatic rings. The molecule has 16 heavy (non-hydrogen) atoms. The number of rotatable bonds is 6. The number of hydrogen-bond donors (Lipinski definition) is 2. The summed E-state index contributed by atoms with van der Waals surface area (Å²) < 4.78 is 11.0. The molecule has 0 bridgehead atoms. The molecule has 0 saturated carbocycles. The first-order valence-electron chi connectivity index (χ1n) is 5.97. The maximum Gasteiger partial charge on any atom is 0.167 e. The van der Waals surface area contributed by atoms with Gasteiger partial charge in [0, 0.05) is 6.61 Å². The lowest BCUT2D eigenvalue weighted by Crippen LogP contribution is -2.40. The van der Waals surface area contributed by atoms with E-state index < -0.39 is 12.4 Å². The third-order valence-corrected chi connectivity index (χ3v) is 2.71. The minimum absolute atomic E-state index is 0.0589.